The Kier molecular flexibility index (Phi) is 6.28. The maximum atomic E-state index is 13.8. The molecule has 2 aromatic heterocycles. The molecule has 0 radical (unpaired) electrons. The Morgan fingerprint density at radius 3 is 2.32 bits per heavy atom. The van der Waals surface area contributed by atoms with Crippen LogP contribution in [0, 0.1) is 0 Å². The SMILES string of the molecule is COc1cc(NC(=O)c2nn3c(C(F)(F)F)cc(-c4ccccc4)nc3c2Cl)c(OC)cc1Cl. The van der Waals surface area contributed by atoms with Gasteiger partial charge in [0.1, 0.15) is 16.5 Å². The maximum absolute atomic E-state index is 13.8. The molecule has 7 nitrogen and oxygen atoms in total. The van der Waals surface area contributed by atoms with Crippen molar-refractivity contribution in [1.29, 1.82) is 0 Å². The second kappa shape index (κ2) is 9.03. The first kappa shape index (κ1) is 23.7. The van der Waals surface area contributed by atoms with Crippen molar-refractivity contribution in [3.63, 3.8) is 0 Å². The minimum absolute atomic E-state index is 0.0262. The summed E-state index contributed by atoms with van der Waals surface area (Å²) in [7, 11) is 2.74. The molecule has 4 rings (SSSR count). The standard InChI is InChI=1S/C22H15Cl2F3N4O3/c1-33-15-9-14(16(34-2)8-12(15)23)29-21(32)19-18(24)20-28-13(11-6-4-3-5-7-11)10-17(22(25,26)27)31(20)30-19/h3-10H,1-2H3,(H,29,32). The van der Waals surface area contributed by atoms with Crippen LogP contribution in [-0.2, 0) is 6.18 Å². The van der Waals surface area contributed by atoms with Crippen molar-refractivity contribution >= 4 is 40.4 Å². The van der Waals surface area contributed by atoms with Crippen LogP contribution in [0.3, 0.4) is 0 Å². The number of methoxy groups -OCH3 is 2. The van der Waals surface area contributed by atoms with Crippen LogP contribution < -0.4 is 14.8 Å². The summed E-state index contributed by atoms with van der Waals surface area (Å²) in [5.41, 5.74) is -1.30. The zero-order chi connectivity index (χ0) is 24.6. The van der Waals surface area contributed by atoms with E-state index < -0.39 is 23.5 Å². The highest BCUT2D eigenvalue weighted by atomic mass is 35.5. The first-order valence-electron chi connectivity index (χ1n) is 9.58. The summed E-state index contributed by atoms with van der Waals surface area (Å²) in [5.74, 6) is -0.445. The van der Waals surface area contributed by atoms with Crippen LogP contribution in [0.25, 0.3) is 16.9 Å². The van der Waals surface area contributed by atoms with E-state index in [1.54, 1.807) is 30.3 Å². The average molecular weight is 511 g/mol. The largest absolute Gasteiger partial charge is 0.495 e. The van der Waals surface area contributed by atoms with Gasteiger partial charge in [0, 0.05) is 17.7 Å². The van der Waals surface area contributed by atoms with Gasteiger partial charge in [-0.05, 0) is 6.07 Å². The van der Waals surface area contributed by atoms with Gasteiger partial charge in [-0.1, -0.05) is 53.5 Å². The number of nitrogens with one attached hydrogen (secondary N) is 1. The number of ether oxygens (including phenoxy) is 2. The summed E-state index contributed by atoms with van der Waals surface area (Å²) < 4.78 is 52.4. The smallest absolute Gasteiger partial charge is 0.433 e. The van der Waals surface area contributed by atoms with E-state index in [1.165, 1.54) is 26.4 Å². The Bertz CT molecular complexity index is 1390. The van der Waals surface area contributed by atoms with E-state index in [-0.39, 0.29) is 38.6 Å². The third kappa shape index (κ3) is 4.34. The highest BCUT2D eigenvalue weighted by molar-refractivity contribution is 6.37. The van der Waals surface area contributed by atoms with Crippen molar-refractivity contribution in [3.05, 3.63) is 70.0 Å². The molecule has 0 fully saturated rings. The minimum Gasteiger partial charge on any atom is -0.495 e. The predicted molar refractivity (Wildman–Crippen MR) is 121 cm³/mol. The first-order valence-corrected chi connectivity index (χ1v) is 10.3. The van der Waals surface area contributed by atoms with Gasteiger partial charge in [0.2, 0.25) is 0 Å². The number of halogens is 5. The van der Waals surface area contributed by atoms with Crippen molar-refractivity contribution in [2.45, 2.75) is 6.18 Å². The number of hydrogen-bond donors (Lipinski definition) is 1. The van der Waals surface area contributed by atoms with E-state index in [9.17, 15) is 18.0 Å². The van der Waals surface area contributed by atoms with Gasteiger partial charge in [-0.25, -0.2) is 9.50 Å². The second-order valence-corrected chi connectivity index (χ2v) is 7.71. The molecule has 0 spiro atoms. The quantitative estimate of drug-likeness (QED) is 0.356. The number of nitrogens with zero attached hydrogens (tertiary/aromatic N) is 3. The Labute approximate surface area is 201 Å². The van der Waals surface area contributed by atoms with Crippen LogP contribution >= 0.6 is 23.2 Å². The van der Waals surface area contributed by atoms with Gasteiger partial charge in [-0.15, -0.1) is 0 Å². The van der Waals surface area contributed by atoms with Crippen molar-refractivity contribution in [2.75, 3.05) is 19.5 Å². The highest BCUT2D eigenvalue weighted by Gasteiger charge is 2.36. The van der Waals surface area contributed by atoms with Gasteiger partial charge < -0.3 is 14.8 Å². The van der Waals surface area contributed by atoms with Gasteiger partial charge in [-0.2, -0.15) is 18.3 Å². The molecule has 2 aromatic carbocycles. The molecule has 0 bridgehead atoms. The molecular weight excluding hydrogens is 496 g/mol. The summed E-state index contributed by atoms with van der Waals surface area (Å²) in [4.78, 5) is 17.2. The van der Waals surface area contributed by atoms with Gasteiger partial charge in [0.05, 0.1) is 30.6 Å². The van der Waals surface area contributed by atoms with Gasteiger partial charge in [0.15, 0.2) is 17.0 Å². The number of anilines is 1. The summed E-state index contributed by atoms with van der Waals surface area (Å²) in [6.07, 6.45) is -4.79. The molecule has 0 saturated carbocycles. The van der Waals surface area contributed by atoms with Crippen LogP contribution in [-0.4, -0.2) is 34.7 Å². The van der Waals surface area contributed by atoms with E-state index in [4.69, 9.17) is 32.7 Å². The van der Waals surface area contributed by atoms with Crippen molar-refractivity contribution in [3.8, 4) is 22.8 Å². The normalized spacial score (nSPS) is 11.5. The van der Waals surface area contributed by atoms with E-state index in [2.05, 4.69) is 15.4 Å². The third-order valence-corrected chi connectivity index (χ3v) is 5.47. The number of alkyl halides is 3. The monoisotopic (exact) mass is 510 g/mol. The van der Waals surface area contributed by atoms with Gasteiger partial charge in [0.25, 0.3) is 5.91 Å². The Balaban J connectivity index is 1.83. The Morgan fingerprint density at radius 2 is 1.71 bits per heavy atom. The lowest BCUT2D eigenvalue weighted by Gasteiger charge is -2.12. The summed E-state index contributed by atoms with van der Waals surface area (Å²) in [5, 5.41) is 6.22. The van der Waals surface area contributed by atoms with Gasteiger partial charge in [-0.3, -0.25) is 4.79 Å². The first-order chi connectivity index (χ1) is 16.1. The molecular formula is C22H15Cl2F3N4O3. The number of aromatic nitrogens is 3. The summed E-state index contributed by atoms with van der Waals surface area (Å²) in [6.45, 7) is 0. The van der Waals surface area contributed by atoms with Crippen LogP contribution in [0.5, 0.6) is 11.5 Å². The Morgan fingerprint density at radius 1 is 1.03 bits per heavy atom. The molecule has 4 aromatic rings. The number of fused-ring (bicyclic) bond motifs is 1. The van der Waals surface area contributed by atoms with Crippen LogP contribution in [0.2, 0.25) is 10.0 Å². The number of carbonyl (C=O) groups is 1. The molecule has 12 heteroatoms. The predicted octanol–water partition coefficient (Wildman–Crippen LogP) is 5.99. The molecule has 1 N–H and O–H groups in total. The highest BCUT2D eigenvalue weighted by Crippen LogP contribution is 2.37. The topological polar surface area (TPSA) is 77.8 Å². The van der Waals surface area contributed by atoms with Crippen LogP contribution in [0.1, 0.15) is 16.2 Å². The van der Waals surface area contributed by atoms with E-state index in [0.717, 1.165) is 6.07 Å². The molecule has 0 aliphatic heterocycles. The minimum atomic E-state index is -4.79. The number of amides is 1. The Hall–Kier alpha value is -3.50. The molecule has 0 saturated heterocycles. The number of hydrogen-bond acceptors (Lipinski definition) is 5. The van der Waals surface area contributed by atoms with Crippen molar-refractivity contribution in [2.24, 2.45) is 0 Å². The lowest BCUT2D eigenvalue weighted by Crippen LogP contribution is -2.16. The molecule has 0 aliphatic rings. The fourth-order valence-electron chi connectivity index (χ4n) is 3.24. The molecule has 1 amide bonds. The number of benzene rings is 2. The van der Waals surface area contributed by atoms with E-state index >= 15 is 0 Å². The molecule has 0 aliphatic carbocycles. The van der Waals surface area contributed by atoms with E-state index in [0.29, 0.717) is 10.1 Å². The summed E-state index contributed by atoms with van der Waals surface area (Å²) >= 11 is 12.4. The second-order valence-electron chi connectivity index (χ2n) is 6.93. The molecule has 34 heavy (non-hydrogen) atoms. The zero-order valence-corrected chi connectivity index (χ0v) is 19.1. The molecule has 0 unspecified atom stereocenters. The third-order valence-electron chi connectivity index (χ3n) is 4.83. The number of rotatable bonds is 5. The van der Waals surface area contributed by atoms with E-state index in [1.807, 2.05) is 0 Å². The maximum Gasteiger partial charge on any atom is 0.433 e. The zero-order valence-electron chi connectivity index (χ0n) is 17.6. The van der Waals surface area contributed by atoms with Gasteiger partial charge >= 0.3 is 6.18 Å². The summed E-state index contributed by atoms with van der Waals surface area (Å²) in [6, 6.07) is 11.9. The molecule has 0 atom stereocenters. The molecule has 2 heterocycles. The number of carbonyl (C=O) groups excluding carboxylic acids is 1. The lowest BCUT2D eigenvalue weighted by molar-refractivity contribution is -0.142. The van der Waals surface area contributed by atoms with Crippen LogP contribution in [0.15, 0.2) is 48.5 Å². The average Bonchev–Trinajstić information content (AvgIpc) is 3.15. The van der Waals surface area contributed by atoms with Crippen molar-refractivity contribution < 1.29 is 27.4 Å². The van der Waals surface area contributed by atoms with Crippen LogP contribution in [0.4, 0.5) is 18.9 Å². The van der Waals surface area contributed by atoms with Crippen molar-refractivity contribution in [1.82, 2.24) is 14.6 Å². The fourth-order valence-corrected chi connectivity index (χ4v) is 3.71. The molecule has 176 valence electrons. The lowest BCUT2D eigenvalue weighted by atomic mass is 10.1. The fraction of sp³-hybridized carbons (Fsp3) is 0.136.